The van der Waals surface area contributed by atoms with Crippen molar-refractivity contribution in [2.75, 3.05) is 26.7 Å². The lowest BCUT2D eigenvalue weighted by Crippen LogP contribution is -2.31. The third-order valence-corrected chi connectivity index (χ3v) is 13.2. The van der Waals surface area contributed by atoms with Crippen molar-refractivity contribution in [3.05, 3.63) is 70.4 Å². The molecule has 0 saturated carbocycles. The summed E-state index contributed by atoms with van der Waals surface area (Å²) >= 11 is 3.44. The number of nitrogens with zero attached hydrogens (tertiary/aromatic N) is 7. The van der Waals surface area contributed by atoms with Gasteiger partial charge in [-0.05, 0) is 88.1 Å². The zero-order valence-electron chi connectivity index (χ0n) is 49.9. The molecule has 0 aromatic carbocycles. The van der Waals surface area contributed by atoms with E-state index in [0.717, 1.165) is 6.26 Å². The highest BCUT2D eigenvalue weighted by Gasteiger charge is 2.13. The number of carbonyl (C=O) groups is 3. The Kier molecular flexibility index (Phi) is 51.7. The van der Waals surface area contributed by atoms with Gasteiger partial charge in [0.15, 0.2) is 0 Å². The van der Waals surface area contributed by atoms with Gasteiger partial charge in [0, 0.05) is 116 Å². The quantitative estimate of drug-likeness (QED) is 0.127. The average molecular weight is 1110 g/mol. The number of Topliss-reactive ketones (excluding diaryl/α,β-unsaturated/α-hetero) is 2. The Hall–Kier alpha value is -3.73. The maximum Gasteiger partial charge on any atom is 0.219 e. The smallest absolute Gasteiger partial charge is 0.219 e. The number of amides is 1. The first-order valence-corrected chi connectivity index (χ1v) is 30.2. The number of aromatic nitrogens is 6. The highest BCUT2D eigenvalue weighted by molar-refractivity contribution is 7.88. The second-order valence-corrected chi connectivity index (χ2v) is 24.9. The fourth-order valence-electron chi connectivity index (χ4n) is 3.41. The van der Waals surface area contributed by atoms with E-state index in [1.807, 2.05) is 115 Å². The molecule has 4 rings (SSSR count). The Balaban J connectivity index is -0.000000172. The molecule has 0 aliphatic rings. The summed E-state index contributed by atoms with van der Waals surface area (Å²) < 4.78 is 54.5. The van der Waals surface area contributed by atoms with Crippen LogP contribution in [0.5, 0.6) is 0 Å². The Morgan fingerprint density at radius 2 is 1.23 bits per heavy atom. The van der Waals surface area contributed by atoms with Crippen molar-refractivity contribution in [1.82, 2.24) is 38.3 Å². The van der Waals surface area contributed by atoms with Gasteiger partial charge in [-0.1, -0.05) is 76.2 Å². The molecule has 1 amide bonds. The van der Waals surface area contributed by atoms with E-state index in [1.54, 1.807) is 83.8 Å². The summed E-state index contributed by atoms with van der Waals surface area (Å²) in [6.07, 6.45) is 16.5. The number of ketones is 2. The van der Waals surface area contributed by atoms with E-state index in [-0.39, 0.29) is 41.5 Å². The Morgan fingerprint density at radius 3 is 1.34 bits per heavy atom. The van der Waals surface area contributed by atoms with Gasteiger partial charge in [0.25, 0.3) is 0 Å². The molecule has 0 atom stereocenters. The molecular weight excluding hydrogens is 1010 g/mol. The maximum absolute atomic E-state index is 10.7. The molecule has 73 heavy (non-hydrogen) atoms. The number of nitrogens with two attached hydrogens (primary N) is 1. The minimum Gasteiger partial charge on any atom is -0.382 e. The van der Waals surface area contributed by atoms with Crippen molar-refractivity contribution in [2.45, 2.75) is 201 Å². The molecule has 4 aromatic rings. The predicted octanol–water partition coefficient (Wildman–Crippen LogP) is 11.7. The topological polar surface area (TPSA) is 231 Å². The first kappa shape index (κ1) is 80.7. The third kappa shape index (κ3) is 59.0. The number of hydrogen-bond acceptors (Lipinski definition) is 14. The SMILES string of the molecule is CC(=O)C(C)C.CC(C)C(N)=O.CC(C)N(C)S(C)(=O)=O.CC(C)NS(C)(=O)=O.CC(C)c1cncs1.CC(C)c1nccs1.CC(C)n1cccn1.CC(C)n1ccnc1.CCC(=O)C(C)C.COC(C)C. The predicted molar refractivity (Wildman–Crippen MR) is 310 cm³/mol. The molecule has 0 fully saturated rings. The van der Waals surface area contributed by atoms with Gasteiger partial charge in [0.05, 0.1) is 35.5 Å². The van der Waals surface area contributed by atoms with Crippen LogP contribution in [0, 0.1) is 17.8 Å². The lowest BCUT2D eigenvalue weighted by Gasteiger charge is -2.17. The van der Waals surface area contributed by atoms with Crippen molar-refractivity contribution in [1.29, 1.82) is 0 Å². The molecule has 17 nitrogen and oxygen atoms in total. The van der Waals surface area contributed by atoms with E-state index in [2.05, 4.69) is 84.7 Å². The van der Waals surface area contributed by atoms with E-state index in [9.17, 15) is 31.2 Å². The second-order valence-electron chi connectivity index (χ2n) is 19.3. The molecule has 0 radical (unpaired) electrons. The molecule has 21 heteroatoms. The molecule has 0 bridgehead atoms. The molecule has 4 aromatic heterocycles. The number of nitrogens with one attached hydrogen (secondary N) is 1. The van der Waals surface area contributed by atoms with Crippen LogP contribution in [-0.2, 0) is 39.2 Å². The number of methoxy groups -OCH3 is 1. The minimum atomic E-state index is -2.97. The summed E-state index contributed by atoms with van der Waals surface area (Å²) in [4.78, 5) is 43.9. The van der Waals surface area contributed by atoms with Gasteiger partial charge >= 0.3 is 0 Å². The summed E-state index contributed by atoms with van der Waals surface area (Å²) in [5, 5.41) is 7.27. The van der Waals surface area contributed by atoms with Gasteiger partial charge in [-0.15, -0.1) is 22.7 Å². The van der Waals surface area contributed by atoms with Gasteiger partial charge in [-0.2, -0.15) is 5.10 Å². The molecule has 0 aliphatic carbocycles. The molecule has 0 unspecified atom stereocenters. The van der Waals surface area contributed by atoms with Gasteiger partial charge in [0.2, 0.25) is 26.0 Å². The van der Waals surface area contributed by atoms with Gasteiger partial charge in [-0.3, -0.25) is 24.0 Å². The van der Waals surface area contributed by atoms with Crippen LogP contribution in [0.25, 0.3) is 0 Å². The van der Waals surface area contributed by atoms with Crippen molar-refractivity contribution < 1.29 is 36.0 Å². The molecular formula is C52H103N9O8S4. The first-order valence-electron chi connectivity index (χ1n) is 24.7. The number of imidazole rings is 1. The van der Waals surface area contributed by atoms with Crippen LogP contribution in [0.1, 0.15) is 193 Å². The van der Waals surface area contributed by atoms with Crippen LogP contribution >= 0.6 is 22.7 Å². The normalized spacial score (nSPS) is 10.6. The van der Waals surface area contributed by atoms with E-state index < -0.39 is 20.0 Å². The zero-order valence-corrected chi connectivity index (χ0v) is 53.1. The molecule has 3 N–H and O–H groups in total. The number of hydrogen-bond donors (Lipinski definition) is 2. The van der Waals surface area contributed by atoms with Crippen molar-refractivity contribution in [2.24, 2.45) is 23.5 Å². The average Bonchev–Trinajstić information content (AvgIpc) is 4.12. The number of rotatable bonds is 13. The number of sulfonamides is 2. The van der Waals surface area contributed by atoms with E-state index in [1.165, 1.54) is 20.4 Å². The number of carbonyl (C=O) groups excluding carboxylic acids is 3. The number of ether oxygens (including phenoxy) is 1. The van der Waals surface area contributed by atoms with Crippen molar-refractivity contribution >= 4 is 60.2 Å². The lowest BCUT2D eigenvalue weighted by molar-refractivity contribution is -0.122. The monoisotopic (exact) mass is 1110 g/mol. The van der Waals surface area contributed by atoms with Crippen LogP contribution < -0.4 is 10.5 Å². The van der Waals surface area contributed by atoms with E-state index in [0.29, 0.717) is 42.2 Å². The van der Waals surface area contributed by atoms with Crippen LogP contribution in [0.3, 0.4) is 0 Å². The number of primary amides is 1. The lowest BCUT2D eigenvalue weighted by atomic mass is 10.1. The van der Waals surface area contributed by atoms with E-state index in [4.69, 9.17) is 10.5 Å². The molecule has 0 saturated heterocycles. The molecule has 0 aliphatic heterocycles. The summed E-state index contributed by atoms with van der Waals surface area (Å²) in [5.41, 5.74) is 6.67. The fourth-order valence-corrected chi connectivity index (χ4v) is 6.33. The minimum absolute atomic E-state index is 0.00463. The third-order valence-electron chi connectivity index (χ3n) is 8.69. The first-order chi connectivity index (χ1) is 33.2. The zero-order chi connectivity index (χ0) is 58.8. The van der Waals surface area contributed by atoms with Crippen LogP contribution in [0.15, 0.2) is 60.5 Å². The Labute approximate surface area is 453 Å². The van der Waals surface area contributed by atoms with Gasteiger partial charge < -0.3 is 15.0 Å². The fraction of sp³-hybridized carbons (Fsp3) is 0.712. The maximum atomic E-state index is 10.7. The highest BCUT2D eigenvalue weighted by Crippen LogP contribution is 2.17. The Morgan fingerprint density at radius 1 is 0.740 bits per heavy atom. The van der Waals surface area contributed by atoms with Crippen LogP contribution in [0.2, 0.25) is 0 Å². The summed E-state index contributed by atoms with van der Waals surface area (Å²) in [7, 11) is -2.67. The van der Waals surface area contributed by atoms with Crippen molar-refractivity contribution in [3.63, 3.8) is 0 Å². The van der Waals surface area contributed by atoms with Gasteiger partial charge in [0.1, 0.15) is 11.6 Å². The largest absolute Gasteiger partial charge is 0.382 e. The van der Waals surface area contributed by atoms with Crippen LogP contribution in [-0.4, -0.2) is 113 Å². The van der Waals surface area contributed by atoms with Gasteiger partial charge in [-0.25, -0.2) is 35.8 Å². The Bertz CT molecular complexity index is 1880. The second kappa shape index (κ2) is 46.8. The standard InChI is InChI=1S/2C6H10N2.2C6H9NS.C6H12O.C5H13NO2S.C5H10O.C4H11NO2S.C4H9NO.C4H10O/c1-6(2)8-4-3-7-5-8;1-6(2)8-5-3-4-7-8;1-5(2)6-3-7-4-8-6;1-5(2)6-7-3-4-8-6;1-4-6(7)5(2)3;1-5(2)6(3)9(4,7)8;1-4(2)5(3)6;1-4(2)5-8(3,6)7;1-3(2)4(5)6;1-4(2)5-3/h2*3-6H,1-2H3;2*3-5H,1-2H3;5H,4H2,1-3H3;5H,1-4H3;4H,1-3H3;4-5H,1-3H3;3H,1-2H3,(H2,5,6);4H,1-3H3. The molecule has 4 heterocycles. The molecule has 0 spiro atoms. The summed E-state index contributed by atoms with van der Waals surface area (Å²) in [6.45, 7) is 43.0. The number of thiazole rings is 2. The summed E-state index contributed by atoms with van der Waals surface area (Å²) in [6, 6.07) is 3.02. The highest BCUT2D eigenvalue weighted by atomic mass is 32.2. The van der Waals surface area contributed by atoms with E-state index >= 15 is 0 Å². The van der Waals surface area contributed by atoms with Crippen molar-refractivity contribution in [3.8, 4) is 0 Å². The van der Waals surface area contributed by atoms with Crippen LogP contribution in [0.4, 0.5) is 0 Å². The summed E-state index contributed by atoms with van der Waals surface area (Å²) in [5.74, 6) is 2.03. The molecule has 428 valence electrons.